The second-order valence-electron chi connectivity index (χ2n) is 5.96. The molecule has 0 saturated carbocycles. The van der Waals surface area contributed by atoms with Crippen LogP contribution in [-0.4, -0.2) is 18.5 Å². The van der Waals surface area contributed by atoms with E-state index >= 15 is 0 Å². The van der Waals surface area contributed by atoms with E-state index in [0.717, 1.165) is 24.4 Å². The maximum atomic E-state index is 12.0. The first-order valence-electron chi connectivity index (χ1n) is 7.29. The van der Waals surface area contributed by atoms with Crippen molar-refractivity contribution >= 4 is 17.5 Å². The Morgan fingerprint density at radius 3 is 2.85 bits per heavy atom. The molecule has 1 aromatic carbocycles. The van der Waals surface area contributed by atoms with E-state index < -0.39 is 0 Å². The van der Waals surface area contributed by atoms with Gasteiger partial charge in [0.2, 0.25) is 5.91 Å². The highest BCUT2D eigenvalue weighted by Crippen LogP contribution is 2.33. The van der Waals surface area contributed by atoms with E-state index in [1.807, 2.05) is 19.1 Å². The van der Waals surface area contributed by atoms with Crippen LogP contribution in [0.25, 0.3) is 0 Å². The molecule has 1 amide bonds. The van der Waals surface area contributed by atoms with Crippen molar-refractivity contribution in [1.82, 2.24) is 10.6 Å². The molecule has 3 nitrogen and oxygen atoms in total. The van der Waals surface area contributed by atoms with Gasteiger partial charge in [-0.1, -0.05) is 31.5 Å². The Bertz CT molecular complexity index is 487. The minimum Gasteiger partial charge on any atom is -0.354 e. The monoisotopic (exact) mass is 294 g/mol. The highest BCUT2D eigenvalue weighted by atomic mass is 35.5. The van der Waals surface area contributed by atoms with Crippen LogP contribution in [0, 0.1) is 5.92 Å². The molecule has 2 unspecified atom stereocenters. The van der Waals surface area contributed by atoms with Crippen molar-refractivity contribution in [2.24, 2.45) is 5.92 Å². The van der Waals surface area contributed by atoms with E-state index in [1.165, 1.54) is 11.1 Å². The van der Waals surface area contributed by atoms with Crippen LogP contribution in [0.2, 0.25) is 5.02 Å². The maximum Gasteiger partial charge on any atom is 0.236 e. The second-order valence-corrected chi connectivity index (χ2v) is 6.40. The lowest BCUT2D eigenvalue weighted by Crippen LogP contribution is -2.44. The van der Waals surface area contributed by atoms with Crippen LogP contribution in [0.4, 0.5) is 0 Å². The lowest BCUT2D eigenvalue weighted by molar-refractivity contribution is -0.123. The molecule has 0 aliphatic heterocycles. The summed E-state index contributed by atoms with van der Waals surface area (Å²) in [7, 11) is 0. The van der Waals surface area contributed by atoms with Crippen LogP contribution in [0.5, 0.6) is 0 Å². The average molecular weight is 295 g/mol. The molecule has 0 fully saturated rings. The lowest BCUT2D eigenvalue weighted by Gasteiger charge is -2.20. The van der Waals surface area contributed by atoms with E-state index in [0.29, 0.717) is 5.92 Å². The van der Waals surface area contributed by atoms with Gasteiger partial charge in [-0.3, -0.25) is 10.1 Å². The number of hydrogen-bond acceptors (Lipinski definition) is 2. The number of aryl methyl sites for hydroxylation is 1. The zero-order valence-corrected chi connectivity index (χ0v) is 13.1. The molecular weight excluding hydrogens is 272 g/mol. The van der Waals surface area contributed by atoms with Gasteiger partial charge in [-0.05, 0) is 48.9 Å². The third kappa shape index (κ3) is 3.74. The summed E-state index contributed by atoms with van der Waals surface area (Å²) in [5.41, 5.74) is 2.57. The molecule has 0 saturated heterocycles. The molecule has 1 aliphatic carbocycles. The van der Waals surface area contributed by atoms with Gasteiger partial charge in [0.05, 0.1) is 6.04 Å². The summed E-state index contributed by atoms with van der Waals surface area (Å²) < 4.78 is 0. The fourth-order valence-corrected chi connectivity index (χ4v) is 2.79. The van der Waals surface area contributed by atoms with Crippen molar-refractivity contribution in [3.8, 4) is 0 Å². The molecule has 2 rings (SSSR count). The molecule has 0 spiro atoms. The minimum absolute atomic E-state index is 0.0705. The normalized spacial score (nSPS) is 18.9. The fourth-order valence-electron chi connectivity index (χ4n) is 2.59. The van der Waals surface area contributed by atoms with Gasteiger partial charge >= 0.3 is 0 Å². The number of rotatable bonds is 5. The summed E-state index contributed by atoms with van der Waals surface area (Å²) in [5, 5.41) is 7.17. The summed E-state index contributed by atoms with van der Waals surface area (Å²) in [6.07, 6.45) is 2.05. The predicted octanol–water partition coefficient (Wildman–Crippen LogP) is 3.08. The maximum absolute atomic E-state index is 12.0. The first kappa shape index (κ1) is 15.3. The Hall–Kier alpha value is -1.06. The number of carbonyl (C=O) groups excluding carboxylic acids is 1. The van der Waals surface area contributed by atoms with Gasteiger partial charge in [0.15, 0.2) is 0 Å². The first-order valence-corrected chi connectivity index (χ1v) is 7.67. The minimum atomic E-state index is -0.180. The van der Waals surface area contributed by atoms with Gasteiger partial charge in [0.25, 0.3) is 0 Å². The molecule has 110 valence electrons. The summed E-state index contributed by atoms with van der Waals surface area (Å²) >= 11 is 6.01. The Labute approximate surface area is 126 Å². The summed E-state index contributed by atoms with van der Waals surface area (Å²) in [6, 6.07) is 6.09. The van der Waals surface area contributed by atoms with E-state index in [-0.39, 0.29) is 18.0 Å². The van der Waals surface area contributed by atoms with Crippen LogP contribution in [0.15, 0.2) is 18.2 Å². The summed E-state index contributed by atoms with van der Waals surface area (Å²) in [6.45, 7) is 6.83. The van der Waals surface area contributed by atoms with Crippen molar-refractivity contribution < 1.29 is 4.79 Å². The van der Waals surface area contributed by atoms with Crippen LogP contribution in [0.3, 0.4) is 0 Å². The van der Waals surface area contributed by atoms with Crippen LogP contribution < -0.4 is 10.6 Å². The molecular formula is C16H23ClN2O. The van der Waals surface area contributed by atoms with Gasteiger partial charge in [0, 0.05) is 17.6 Å². The average Bonchev–Trinajstić information content (AvgIpc) is 2.78. The number of benzene rings is 1. The largest absolute Gasteiger partial charge is 0.354 e. The molecule has 2 atom stereocenters. The van der Waals surface area contributed by atoms with Crippen LogP contribution >= 0.6 is 11.6 Å². The molecule has 0 bridgehead atoms. The molecule has 1 aromatic rings. The zero-order chi connectivity index (χ0) is 14.7. The van der Waals surface area contributed by atoms with Crippen molar-refractivity contribution in [2.75, 3.05) is 6.54 Å². The lowest BCUT2D eigenvalue weighted by atomic mass is 10.1. The second kappa shape index (κ2) is 6.59. The highest BCUT2D eigenvalue weighted by Gasteiger charge is 2.25. The third-order valence-corrected chi connectivity index (χ3v) is 3.95. The Morgan fingerprint density at radius 2 is 2.15 bits per heavy atom. The number of amides is 1. The quantitative estimate of drug-likeness (QED) is 0.876. The zero-order valence-electron chi connectivity index (χ0n) is 12.4. The topological polar surface area (TPSA) is 41.1 Å². The van der Waals surface area contributed by atoms with Crippen molar-refractivity contribution in [2.45, 2.75) is 45.7 Å². The van der Waals surface area contributed by atoms with Crippen molar-refractivity contribution in [3.63, 3.8) is 0 Å². The highest BCUT2D eigenvalue weighted by molar-refractivity contribution is 6.30. The van der Waals surface area contributed by atoms with Gasteiger partial charge in [-0.15, -0.1) is 0 Å². The molecule has 2 N–H and O–H groups in total. The third-order valence-electron chi connectivity index (χ3n) is 3.71. The van der Waals surface area contributed by atoms with Gasteiger partial charge in [-0.2, -0.15) is 0 Å². The van der Waals surface area contributed by atoms with E-state index in [2.05, 4.69) is 30.5 Å². The number of hydrogen-bond donors (Lipinski definition) is 2. The van der Waals surface area contributed by atoms with E-state index in [4.69, 9.17) is 11.6 Å². The number of fused-ring (bicyclic) bond motifs is 1. The Kier molecular flexibility index (Phi) is 5.06. The molecule has 0 aromatic heterocycles. The smallest absolute Gasteiger partial charge is 0.236 e. The number of carbonyl (C=O) groups is 1. The number of nitrogens with one attached hydrogen (secondary N) is 2. The number of halogens is 1. The predicted molar refractivity (Wildman–Crippen MR) is 83.0 cm³/mol. The van der Waals surface area contributed by atoms with E-state index in [9.17, 15) is 4.79 Å². The van der Waals surface area contributed by atoms with Crippen molar-refractivity contribution in [3.05, 3.63) is 34.3 Å². The standard InChI is InChI=1S/C16H23ClN2O/c1-10(2)9-18-16(20)11(3)19-15-7-4-12-8-13(17)5-6-14(12)15/h5-6,8,10-11,15,19H,4,7,9H2,1-3H3,(H,18,20). The molecule has 0 radical (unpaired) electrons. The molecule has 20 heavy (non-hydrogen) atoms. The summed E-state index contributed by atoms with van der Waals surface area (Å²) in [5.74, 6) is 0.543. The Morgan fingerprint density at radius 1 is 1.40 bits per heavy atom. The first-order chi connectivity index (χ1) is 9.47. The fraction of sp³-hybridized carbons (Fsp3) is 0.562. The van der Waals surface area contributed by atoms with Crippen molar-refractivity contribution in [1.29, 1.82) is 0 Å². The van der Waals surface area contributed by atoms with Gasteiger partial charge in [0.1, 0.15) is 0 Å². The molecule has 1 aliphatic rings. The van der Waals surface area contributed by atoms with E-state index in [1.54, 1.807) is 0 Å². The summed E-state index contributed by atoms with van der Waals surface area (Å²) in [4.78, 5) is 12.0. The molecule has 0 heterocycles. The SMILES string of the molecule is CC(C)CNC(=O)C(C)NC1CCc2cc(Cl)ccc21. The Balaban J connectivity index is 1.93. The van der Waals surface area contributed by atoms with Gasteiger partial charge < -0.3 is 5.32 Å². The van der Waals surface area contributed by atoms with Gasteiger partial charge in [-0.25, -0.2) is 0 Å². The van der Waals surface area contributed by atoms with Crippen LogP contribution in [0.1, 0.15) is 44.4 Å². The van der Waals surface area contributed by atoms with Crippen LogP contribution in [-0.2, 0) is 11.2 Å². The molecule has 4 heteroatoms.